The lowest BCUT2D eigenvalue weighted by atomic mass is 9.90. The van der Waals surface area contributed by atoms with E-state index in [1.807, 2.05) is 0 Å². The molecule has 27 heavy (non-hydrogen) atoms. The zero-order valence-corrected chi connectivity index (χ0v) is 15.5. The SMILES string of the molecule is Cc1cc(NC(=O)C(=O)N2CC(C)CCC2c2ccc(O)cc2)cnc1N. The molecule has 7 nitrogen and oxygen atoms in total. The van der Waals surface area contributed by atoms with Gasteiger partial charge in [-0.3, -0.25) is 9.59 Å². The zero-order chi connectivity index (χ0) is 19.6. The van der Waals surface area contributed by atoms with E-state index >= 15 is 0 Å². The standard InChI is InChI=1S/C20H24N4O3/c1-12-3-8-17(14-4-6-16(25)7-5-14)24(11-12)20(27)19(26)23-15-9-13(2)18(21)22-10-15/h4-7,9-10,12,17,25H,3,8,11H2,1-2H3,(H2,21,22)(H,23,26). The first-order chi connectivity index (χ1) is 12.8. The molecule has 1 fully saturated rings. The molecule has 0 radical (unpaired) electrons. The molecule has 2 amide bonds. The highest BCUT2D eigenvalue weighted by Crippen LogP contribution is 2.34. The molecule has 0 spiro atoms. The van der Waals surface area contributed by atoms with Gasteiger partial charge in [0.2, 0.25) is 0 Å². The van der Waals surface area contributed by atoms with Crippen molar-refractivity contribution in [2.24, 2.45) is 5.92 Å². The van der Waals surface area contributed by atoms with Gasteiger partial charge in [-0.15, -0.1) is 0 Å². The molecule has 4 N–H and O–H groups in total. The molecule has 0 saturated carbocycles. The number of aromatic hydroxyl groups is 1. The van der Waals surface area contributed by atoms with Crippen LogP contribution in [0.5, 0.6) is 5.75 Å². The Morgan fingerprint density at radius 2 is 1.96 bits per heavy atom. The fraction of sp³-hybridized carbons (Fsp3) is 0.350. The molecule has 2 atom stereocenters. The van der Waals surface area contributed by atoms with Crippen LogP contribution in [0, 0.1) is 12.8 Å². The summed E-state index contributed by atoms with van der Waals surface area (Å²) in [7, 11) is 0. The molecule has 1 aliphatic heterocycles. The van der Waals surface area contributed by atoms with E-state index in [9.17, 15) is 14.7 Å². The first-order valence-corrected chi connectivity index (χ1v) is 8.98. The van der Waals surface area contributed by atoms with Crippen LogP contribution in [0.25, 0.3) is 0 Å². The Hall–Kier alpha value is -3.09. The van der Waals surface area contributed by atoms with Gasteiger partial charge in [0.15, 0.2) is 0 Å². The van der Waals surface area contributed by atoms with E-state index in [1.54, 1.807) is 42.2 Å². The number of benzene rings is 1. The van der Waals surface area contributed by atoms with E-state index in [-0.39, 0.29) is 11.8 Å². The van der Waals surface area contributed by atoms with Crippen LogP contribution in [0.15, 0.2) is 36.5 Å². The molecule has 2 heterocycles. The van der Waals surface area contributed by atoms with Crippen molar-refractivity contribution in [3.8, 4) is 5.75 Å². The summed E-state index contributed by atoms with van der Waals surface area (Å²) < 4.78 is 0. The number of amides is 2. The quantitative estimate of drug-likeness (QED) is 0.706. The molecule has 2 unspecified atom stereocenters. The number of carbonyl (C=O) groups excluding carboxylic acids is 2. The lowest BCUT2D eigenvalue weighted by Crippen LogP contribution is -2.46. The highest BCUT2D eigenvalue weighted by Gasteiger charge is 2.34. The van der Waals surface area contributed by atoms with E-state index in [0.29, 0.717) is 24.0 Å². The number of phenols is 1. The maximum atomic E-state index is 12.9. The summed E-state index contributed by atoms with van der Waals surface area (Å²) in [4.78, 5) is 31.0. The number of pyridine rings is 1. The van der Waals surface area contributed by atoms with Crippen molar-refractivity contribution in [2.75, 3.05) is 17.6 Å². The second kappa shape index (κ2) is 7.65. The average molecular weight is 368 g/mol. The number of phenolic OH excluding ortho intramolecular Hbond substituents is 1. The maximum absolute atomic E-state index is 12.9. The number of nitrogens with one attached hydrogen (secondary N) is 1. The van der Waals surface area contributed by atoms with Crippen LogP contribution in [0.4, 0.5) is 11.5 Å². The van der Waals surface area contributed by atoms with Crippen molar-refractivity contribution in [1.82, 2.24) is 9.88 Å². The highest BCUT2D eigenvalue weighted by atomic mass is 16.3. The predicted molar refractivity (Wildman–Crippen MR) is 103 cm³/mol. The fourth-order valence-electron chi connectivity index (χ4n) is 3.39. The first kappa shape index (κ1) is 18.7. The lowest BCUT2D eigenvalue weighted by molar-refractivity contribution is -0.146. The highest BCUT2D eigenvalue weighted by molar-refractivity contribution is 6.39. The van der Waals surface area contributed by atoms with E-state index in [1.165, 1.54) is 6.20 Å². The van der Waals surface area contributed by atoms with E-state index in [0.717, 1.165) is 24.0 Å². The average Bonchev–Trinajstić information content (AvgIpc) is 2.65. The van der Waals surface area contributed by atoms with Gasteiger partial charge in [-0.2, -0.15) is 0 Å². The number of aromatic nitrogens is 1. The van der Waals surface area contributed by atoms with Crippen molar-refractivity contribution in [3.63, 3.8) is 0 Å². The number of rotatable bonds is 2. The number of carbonyl (C=O) groups is 2. The summed E-state index contributed by atoms with van der Waals surface area (Å²) >= 11 is 0. The van der Waals surface area contributed by atoms with Crippen LogP contribution < -0.4 is 11.1 Å². The van der Waals surface area contributed by atoms with Gasteiger partial charge in [-0.1, -0.05) is 19.1 Å². The molecule has 1 aromatic carbocycles. The largest absolute Gasteiger partial charge is 0.508 e. The third kappa shape index (κ3) is 4.19. The van der Waals surface area contributed by atoms with E-state index in [2.05, 4.69) is 17.2 Å². The molecule has 1 saturated heterocycles. The maximum Gasteiger partial charge on any atom is 0.313 e. The number of anilines is 2. The molecule has 3 rings (SSSR count). The minimum Gasteiger partial charge on any atom is -0.508 e. The molecule has 0 aliphatic carbocycles. The van der Waals surface area contributed by atoms with Gasteiger partial charge < -0.3 is 21.1 Å². The van der Waals surface area contributed by atoms with Crippen molar-refractivity contribution < 1.29 is 14.7 Å². The van der Waals surface area contributed by atoms with Crippen LogP contribution >= 0.6 is 0 Å². The van der Waals surface area contributed by atoms with Crippen LogP contribution in [0.3, 0.4) is 0 Å². The monoisotopic (exact) mass is 368 g/mol. The van der Waals surface area contributed by atoms with Gasteiger partial charge in [-0.05, 0) is 55.0 Å². The van der Waals surface area contributed by atoms with E-state index < -0.39 is 11.8 Å². The van der Waals surface area contributed by atoms with Crippen molar-refractivity contribution in [3.05, 3.63) is 47.7 Å². The van der Waals surface area contributed by atoms with E-state index in [4.69, 9.17) is 5.73 Å². The van der Waals surface area contributed by atoms with Crippen LogP contribution in [0.1, 0.15) is 36.9 Å². The summed E-state index contributed by atoms with van der Waals surface area (Å²) in [6, 6.07) is 8.27. The Labute approximate surface area is 158 Å². The molecule has 7 heteroatoms. The summed E-state index contributed by atoms with van der Waals surface area (Å²) in [6.07, 6.45) is 3.18. The van der Waals surface area contributed by atoms with Crippen molar-refractivity contribution in [2.45, 2.75) is 32.7 Å². The third-order valence-corrected chi connectivity index (χ3v) is 4.93. The smallest absolute Gasteiger partial charge is 0.313 e. The second-order valence-electron chi connectivity index (χ2n) is 7.13. The van der Waals surface area contributed by atoms with Crippen LogP contribution in [-0.2, 0) is 9.59 Å². The molecule has 1 aliphatic rings. The topological polar surface area (TPSA) is 109 Å². The number of aryl methyl sites for hydroxylation is 1. The zero-order valence-electron chi connectivity index (χ0n) is 15.5. The van der Waals surface area contributed by atoms with Gasteiger partial charge in [0.05, 0.1) is 17.9 Å². The predicted octanol–water partition coefficient (Wildman–Crippen LogP) is 2.62. The van der Waals surface area contributed by atoms with Gasteiger partial charge in [0, 0.05) is 6.54 Å². The number of piperidine rings is 1. The number of hydrogen-bond acceptors (Lipinski definition) is 5. The molecule has 2 aromatic rings. The Bertz CT molecular complexity index is 851. The number of nitrogens with zero attached hydrogens (tertiary/aromatic N) is 2. The number of nitrogen functional groups attached to an aromatic ring is 1. The normalized spacial score (nSPS) is 19.6. The van der Waals surface area contributed by atoms with Gasteiger partial charge in [0.1, 0.15) is 11.6 Å². The summed E-state index contributed by atoms with van der Waals surface area (Å²) in [5.74, 6) is -0.398. The summed E-state index contributed by atoms with van der Waals surface area (Å²) in [6.45, 7) is 4.36. The van der Waals surface area contributed by atoms with Crippen molar-refractivity contribution >= 4 is 23.3 Å². The summed E-state index contributed by atoms with van der Waals surface area (Å²) in [5, 5.41) is 12.1. The van der Waals surface area contributed by atoms with Crippen LogP contribution in [0.2, 0.25) is 0 Å². The molecule has 1 aromatic heterocycles. The van der Waals surface area contributed by atoms with Crippen molar-refractivity contribution in [1.29, 1.82) is 0 Å². The minimum atomic E-state index is -0.696. The second-order valence-corrected chi connectivity index (χ2v) is 7.13. The van der Waals surface area contributed by atoms with Gasteiger partial charge in [-0.25, -0.2) is 4.98 Å². The number of hydrogen-bond donors (Lipinski definition) is 3. The summed E-state index contributed by atoms with van der Waals surface area (Å²) in [5.41, 5.74) is 7.76. The Morgan fingerprint density at radius 3 is 2.63 bits per heavy atom. The lowest BCUT2D eigenvalue weighted by Gasteiger charge is -2.38. The number of nitrogens with two attached hydrogens (primary N) is 1. The molecule has 142 valence electrons. The molecular formula is C20H24N4O3. The van der Waals surface area contributed by atoms with Crippen LogP contribution in [-0.4, -0.2) is 33.3 Å². The molecular weight excluding hydrogens is 344 g/mol. The fourth-order valence-corrected chi connectivity index (χ4v) is 3.39. The molecule has 0 bridgehead atoms. The third-order valence-electron chi connectivity index (χ3n) is 4.93. The Balaban J connectivity index is 1.79. The number of likely N-dealkylation sites (tertiary alicyclic amines) is 1. The minimum absolute atomic E-state index is 0.171. The van der Waals surface area contributed by atoms with Gasteiger partial charge in [0.25, 0.3) is 0 Å². The Morgan fingerprint density at radius 1 is 1.26 bits per heavy atom. The van der Waals surface area contributed by atoms with Gasteiger partial charge >= 0.3 is 11.8 Å². The Kier molecular flexibility index (Phi) is 5.30. The first-order valence-electron chi connectivity index (χ1n) is 8.98.